The Morgan fingerprint density at radius 2 is 2.05 bits per heavy atom. The number of piperidine rings is 1. The van der Waals surface area contributed by atoms with Crippen molar-refractivity contribution in [3.63, 3.8) is 0 Å². The lowest BCUT2D eigenvalue weighted by molar-refractivity contribution is 0.319. The van der Waals surface area contributed by atoms with Crippen molar-refractivity contribution in [2.24, 2.45) is 5.73 Å². The third-order valence-corrected chi connectivity index (χ3v) is 5.85. The average molecular weight is 363 g/mol. The normalized spacial score (nSPS) is 18.1. The predicted molar refractivity (Wildman–Crippen MR) is 81.3 cm³/mol. The first kappa shape index (κ1) is 15.8. The summed E-state index contributed by atoms with van der Waals surface area (Å²) in [4.78, 5) is 0.281. The summed E-state index contributed by atoms with van der Waals surface area (Å²) in [5.74, 6) is 0.645. The molecule has 0 aliphatic carbocycles. The zero-order valence-corrected chi connectivity index (χ0v) is 13.8. The van der Waals surface area contributed by atoms with Crippen molar-refractivity contribution in [3.8, 4) is 5.75 Å². The summed E-state index contributed by atoms with van der Waals surface area (Å²) in [6.07, 6.45) is 1.41. The summed E-state index contributed by atoms with van der Waals surface area (Å²) in [7, 11) is -3.45. The Balaban J connectivity index is 2.23. The van der Waals surface area contributed by atoms with Crippen molar-refractivity contribution in [3.05, 3.63) is 22.7 Å². The molecule has 0 amide bonds. The summed E-state index contributed by atoms with van der Waals surface area (Å²) >= 11 is 3.35. The van der Waals surface area contributed by atoms with Gasteiger partial charge in [0.25, 0.3) is 0 Å². The lowest BCUT2D eigenvalue weighted by Crippen LogP contribution is -2.42. The first-order chi connectivity index (χ1) is 9.45. The van der Waals surface area contributed by atoms with Gasteiger partial charge in [-0.2, -0.15) is 4.31 Å². The molecule has 1 aliphatic rings. The van der Waals surface area contributed by atoms with Gasteiger partial charge in [0.05, 0.1) is 16.0 Å². The molecule has 0 unspecified atom stereocenters. The molecule has 0 atom stereocenters. The number of benzene rings is 1. The molecule has 1 heterocycles. The lowest BCUT2D eigenvalue weighted by Gasteiger charge is -2.29. The molecule has 0 bridgehead atoms. The van der Waals surface area contributed by atoms with Gasteiger partial charge in [0.1, 0.15) is 5.75 Å². The maximum absolute atomic E-state index is 12.5. The molecule has 7 heteroatoms. The van der Waals surface area contributed by atoms with E-state index < -0.39 is 10.0 Å². The van der Waals surface area contributed by atoms with Gasteiger partial charge < -0.3 is 10.5 Å². The minimum Gasteiger partial charge on any atom is -0.493 e. The second-order valence-electron chi connectivity index (χ2n) is 4.77. The molecule has 0 spiro atoms. The van der Waals surface area contributed by atoms with Crippen LogP contribution in [-0.2, 0) is 10.0 Å². The Kier molecular flexibility index (Phi) is 5.06. The van der Waals surface area contributed by atoms with Gasteiger partial charge in [-0.15, -0.1) is 0 Å². The molecule has 1 aliphatic heterocycles. The van der Waals surface area contributed by atoms with E-state index in [2.05, 4.69) is 15.9 Å². The van der Waals surface area contributed by atoms with Gasteiger partial charge in [0.2, 0.25) is 10.0 Å². The van der Waals surface area contributed by atoms with Crippen LogP contribution in [0.15, 0.2) is 27.6 Å². The minimum atomic E-state index is -3.45. The highest BCUT2D eigenvalue weighted by Crippen LogP contribution is 2.29. The number of hydrogen-bond donors (Lipinski definition) is 1. The molecule has 112 valence electrons. The van der Waals surface area contributed by atoms with Crippen molar-refractivity contribution in [1.82, 2.24) is 4.31 Å². The molecule has 0 saturated carbocycles. The maximum atomic E-state index is 12.5. The minimum absolute atomic E-state index is 0.105. The standard InChI is InChI=1S/C13H19BrN2O3S/c1-2-19-13-4-3-11(9-12(13)14)20(17,18)16-7-5-10(15)6-8-16/h3-4,9-10H,2,5-8,15H2,1H3. The smallest absolute Gasteiger partial charge is 0.243 e. The van der Waals surface area contributed by atoms with Crippen LogP contribution >= 0.6 is 15.9 Å². The molecule has 0 aromatic heterocycles. The van der Waals surface area contributed by atoms with Crippen molar-refractivity contribution >= 4 is 26.0 Å². The fourth-order valence-corrected chi connectivity index (χ4v) is 4.32. The van der Waals surface area contributed by atoms with E-state index in [-0.39, 0.29) is 10.9 Å². The highest BCUT2D eigenvalue weighted by atomic mass is 79.9. The Labute approximate surface area is 128 Å². The third kappa shape index (κ3) is 3.33. The highest BCUT2D eigenvalue weighted by molar-refractivity contribution is 9.10. The van der Waals surface area contributed by atoms with Crippen LogP contribution in [0.2, 0.25) is 0 Å². The van der Waals surface area contributed by atoms with Crippen LogP contribution in [0.25, 0.3) is 0 Å². The zero-order valence-electron chi connectivity index (χ0n) is 11.4. The summed E-state index contributed by atoms with van der Waals surface area (Å²) in [5.41, 5.74) is 5.81. The Hall–Kier alpha value is -0.630. The molecule has 1 aromatic carbocycles. The summed E-state index contributed by atoms with van der Waals surface area (Å²) in [6, 6.07) is 4.96. The van der Waals surface area contributed by atoms with Gasteiger partial charge in [0.15, 0.2) is 0 Å². The summed E-state index contributed by atoms with van der Waals surface area (Å²) in [5, 5.41) is 0. The van der Waals surface area contributed by atoms with Crippen molar-refractivity contribution < 1.29 is 13.2 Å². The van der Waals surface area contributed by atoms with Gasteiger partial charge in [0, 0.05) is 19.1 Å². The van der Waals surface area contributed by atoms with E-state index in [1.54, 1.807) is 18.2 Å². The first-order valence-electron chi connectivity index (χ1n) is 6.63. The number of sulfonamides is 1. The highest BCUT2D eigenvalue weighted by Gasteiger charge is 2.28. The van der Waals surface area contributed by atoms with Crippen molar-refractivity contribution in [1.29, 1.82) is 0 Å². The largest absolute Gasteiger partial charge is 0.493 e. The second-order valence-corrected chi connectivity index (χ2v) is 7.56. The monoisotopic (exact) mass is 362 g/mol. The van der Waals surface area contributed by atoms with Crippen LogP contribution in [0.3, 0.4) is 0 Å². The van der Waals surface area contributed by atoms with Crippen LogP contribution in [0.1, 0.15) is 19.8 Å². The molecular formula is C13H19BrN2O3S. The van der Waals surface area contributed by atoms with Gasteiger partial charge in [-0.3, -0.25) is 0 Å². The van der Waals surface area contributed by atoms with Crippen LogP contribution in [-0.4, -0.2) is 38.5 Å². The molecule has 2 rings (SSSR count). The average Bonchev–Trinajstić information content (AvgIpc) is 2.41. The number of nitrogens with two attached hydrogens (primary N) is 1. The van der Waals surface area contributed by atoms with Crippen LogP contribution < -0.4 is 10.5 Å². The number of ether oxygens (including phenoxy) is 1. The number of halogens is 1. The van der Waals surface area contributed by atoms with Crippen LogP contribution in [0.5, 0.6) is 5.75 Å². The maximum Gasteiger partial charge on any atom is 0.243 e. The summed E-state index contributed by atoms with van der Waals surface area (Å²) in [6.45, 7) is 3.38. The topological polar surface area (TPSA) is 72.6 Å². The van der Waals surface area contributed by atoms with Crippen molar-refractivity contribution in [2.45, 2.75) is 30.7 Å². The second kappa shape index (κ2) is 6.43. The Morgan fingerprint density at radius 3 is 2.60 bits per heavy atom. The molecule has 1 fully saturated rings. The fraction of sp³-hybridized carbons (Fsp3) is 0.538. The quantitative estimate of drug-likeness (QED) is 0.888. The number of nitrogens with zero attached hydrogens (tertiary/aromatic N) is 1. The van der Waals surface area contributed by atoms with E-state index in [0.717, 1.165) is 0 Å². The molecule has 5 nitrogen and oxygen atoms in total. The zero-order chi connectivity index (χ0) is 14.8. The molecule has 1 aromatic rings. The number of rotatable bonds is 4. The Bertz CT molecular complexity index is 569. The summed E-state index contributed by atoms with van der Waals surface area (Å²) < 4.78 is 32.6. The Morgan fingerprint density at radius 1 is 1.40 bits per heavy atom. The van der Waals surface area contributed by atoms with E-state index >= 15 is 0 Å². The van der Waals surface area contributed by atoms with Crippen molar-refractivity contribution in [2.75, 3.05) is 19.7 Å². The fourth-order valence-electron chi connectivity index (χ4n) is 2.18. The van der Waals surface area contributed by atoms with Gasteiger partial charge >= 0.3 is 0 Å². The first-order valence-corrected chi connectivity index (χ1v) is 8.86. The van der Waals surface area contributed by atoms with Gasteiger partial charge in [-0.25, -0.2) is 8.42 Å². The predicted octanol–water partition coefficient (Wildman–Crippen LogP) is 1.96. The lowest BCUT2D eigenvalue weighted by atomic mass is 10.1. The van der Waals surface area contributed by atoms with Crippen LogP contribution in [0, 0.1) is 0 Å². The molecule has 20 heavy (non-hydrogen) atoms. The SMILES string of the molecule is CCOc1ccc(S(=O)(=O)N2CCC(N)CC2)cc1Br. The van der Waals surface area contributed by atoms with Gasteiger partial charge in [-0.05, 0) is 53.9 Å². The van der Waals surface area contributed by atoms with E-state index in [4.69, 9.17) is 10.5 Å². The molecule has 2 N–H and O–H groups in total. The van der Waals surface area contributed by atoms with E-state index in [0.29, 0.717) is 42.8 Å². The molecule has 0 radical (unpaired) electrons. The van der Waals surface area contributed by atoms with E-state index in [1.807, 2.05) is 6.92 Å². The van der Waals surface area contributed by atoms with Crippen LogP contribution in [0.4, 0.5) is 0 Å². The third-order valence-electron chi connectivity index (χ3n) is 3.34. The van der Waals surface area contributed by atoms with E-state index in [9.17, 15) is 8.42 Å². The van der Waals surface area contributed by atoms with E-state index in [1.165, 1.54) is 4.31 Å². The van der Waals surface area contributed by atoms with Gasteiger partial charge in [-0.1, -0.05) is 0 Å². The molecular weight excluding hydrogens is 344 g/mol. The number of hydrogen-bond acceptors (Lipinski definition) is 4. The molecule has 1 saturated heterocycles.